The van der Waals surface area contributed by atoms with Crippen LogP contribution < -0.4 is 10.6 Å². The summed E-state index contributed by atoms with van der Waals surface area (Å²) in [5, 5.41) is 7.24. The monoisotopic (exact) mass is 244 g/mol. The molecule has 0 atom stereocenters. The molecule has 0 aliphatic carbocycles. The van der Waals surface area contributed by atoms with E-state index in [0.29, 0.717) is 10.8 Å². The topological polar surface area (TPSA) is 24.1 Å². The number of anilines is 2. The summed E-state index contributed by atoms with van der Waals surface area (Å²) < 4.78 is 0. The molecule has 1 aromatic carbocycles. The maximum absolute atomic E-state index is 3.62. The summed E-state index contributed by atoms with van der Waals surface area (Å²) in [5.41, 5.74) is 6.24. The van der Waals surface area contributed by atoms with E-state index in [1.807, 2.05) is 0 Å². The first kappa shape index (κ1) is 11.9. The van der Waals surface area contributed by atoms with Gasteiger partial charge in [-0.2, -0.15) is 0 Å². The van der Waals surface area contributed by atoms with Gasteiger partial charge in [-0.1, -0.05) is 39.8 Å². The van der Waals surface area contributed by atoms with Gasteiger partial charge in [0.25, 0.3) is 0 Å². The molecule has 2 heterocycles. The van der Waals surface area contributed by atoms with Gasteiger partial charge in [0.15, 0.2) is 0 Å². The van der Waals surface area contributed by atoms with E-state index in [9.17, 15) is 0 Å². The summed E-state index contributed by atoms with van der Waals surface area (Å²) >= 11 is 0. The lowest BCUT2D eigenvalue weighted by molar-refractivity contribution is 0.469. The highest BCUT2D eigenvalue weighted by Crippen LogP contribution is 2.47. The SMILES string of the molecule is CC1(C)CCNc2c1ccc1c2NCCC1(C)C. The summed E-state index contributed by atoms with van der Waals surface area (Å²) in [6.07, 6.45) is 2.42. The molecule has 0 unspecified atom stereocenters. The molecule has 2 N–H and O–H groups in total. The molecule has 0 amide bonds. The van der Waals surface area contributed by atoms with Crippen molar-refractivity contribution < 1.29 is 0 Å². The van der Waals surface area contributed by atoms with Crippen LogP contribution in [-0.4, -0.2) is 13.1 Å². The molecule has 0 saturated carbocycles. The van der Waals surface area contributed by atoms with Crippen molar-refractivity contribution in [1.82, 2.24) is 0 Å². The van der Waals surface area contributed by atoms with Crippen LogP contribution in [0.3, 0.4) is 0 Å². The summed E-state index contributed by atoms with van der Waals surface area (Å²) in [7, 11) is 0. The van der Waals surface area contributed by atoms with Crippen LogP contribution in [0.1, 0.15) is 51.7 Å². The van der Waals surface area contributed by atoms with Crippen molar-refractivity contribution in [2.24, 2.45) is 0 Å². The summed E-state index contributed by atoms with van der Waals surface area (Å²) in [5.74, 6) is 0. The third-order valence-corrected chi connectivity index (χ3v) is 4.77. The Bertz CT molecular complexity index is 441. The Balaban J connectivity index is 2.20. The number of nitrogens with one attached hydrogen (secondary N) is 2. The Kier molecular flexibility index (Phi) is 2.42. The molecule has 0 radical (unpaired) electrons. The number of benzene rings is 1. The summed E-state index contributed by atoms with van der Waals surface area (Å²) in [6, 6.07) is 4.68. The lowest BCUT2D eigenvalue weighted by atomic mass is 9.73. The van der Waals surface area contributed by atoms with Crippen molar-refractivity contribution in [1.29, 1.82) is 0 Å². The summed E-state index contributed by atoms with van der Waals surface area (Å²) in [6.45, 7) is 11.6. The first-order valence-electron chi connectivity index (χ1n) is 7.07. The highest BCUT2D eigenvalue weighted by atomic mass is 15.0. The molecule has 18 heavy (non-hydrogen) atoms. The van der Waals surface area contributed by atoms with Crippen LogP contribution in [0.4, 0.5) is 11.4 Å². The summed E-state index contributed by atoms with van der Waals surface area (Å²) in [4.78, 5) is 0. The molecular formula is C16H24N2. The molecule has 0 fully saturated rings. The average molecular weight is 244 g/mol. The molecule has 0 saturated heterocycles. The standard InChI is InChI=1S/C16H24N2/c1-15(2)7-9-17-13-11(15)5-6-12-14(13)18-10-8-16(12,3)4/h5-6,17-18H,7-10H2,1-4H3. The van der Waals surface area contributed by atoms with Gasteiger partial charge in [0.05, 0.1) is 11.4 Å². The molecule has 1 aromatic rings. The largest absolute Gasteiger partial charge is 0.383 e. The Morgan fingerprint density at radius 3 is 1.56 bits per heavy atom. The average Bonchev–Trinajstić information content (AvgIpc) is 2.28. The maximum Gasteiger partial charge on any atom is 0.0617 e. The van der Waals surface area contributed by atoms with E-state index in [4.69, 9.17) is 0 Å². The van der Waals surface area contributed by atoms with Crippen LogP contribution >= 0.6 is 0 Å². The minimum atomic E-state index is 0.291. The predicted octanol–water partition coefficient (Wildman–Crippen LogP) is 3.87. The number of fused-ring (bicyclic) bond motifs is 3. The maximum atomic E-state index is 3.62. The Morgan fingerprint density at radius 2 is 1.17 bits per heavy atom. The normalized spacial score (nSPS) is 23.3. The van der Waals surface area contributed by atoms with E-state index in [0.717, 1.165) is 13.1 Å². The number of hydrogen-bond acceptors (Lipinski definition) is 2. The fourth-order valence-corrected chi connectivity index (χ4v) is 3.37. The quantitative estimate of drug-likeness (QED) is 0.724. The zero-order chi connectivity index (χ0) is 13.0. The van der Waals surface area contributed by atoms with Gasteiger partial charge in [0.1, 0.15) is 0 Å². The first-order valence-corrected chi connectivity index (χ1v) is 7.07. The fourth-order valence-electron chi connectivity index (χ4n) is 3.37. The van der Waals surface area contributed by atoms with Crippen molar-refractivity contribution in [3.05, 3.63) is 23.3 Å². The van der Waals surface area contributed by atoms with E-state index in [2.05, 4.69) is 50.5 Å². The second-order valence-corrected chi connectivity index (χ2v) is 7.03. The minimum absolute atomic E-state index is 0.291. The van der Waals surface area contributed by atoms with Gasteiger partial charge in [-0.15, -0.1) is 0 Å². The van der Waals surface area contributed by atoms with Gasteiger partial charge in [-0.3, -0.25) is 0 Å². The third kappa shape index (κ3) is 1.62. The Morgan fingerprint density at radius 1 is 0.778 bits per heavy atom. The van der Waals surface area contributed by atoms with Crippen molar-refractivity contribution in [2.45, 2.75) is 51.4 Å². The minimum Gasteiger partial charge on any atom is -0.383 e. The predicted molar refractivity (Wildman–Crippen MR) is 78.7 cm³/mol. The van der Waals surface area contributed by atoms with Gasteiger partial charge in [0.2, 0.25) is 0 Å². The Hall–Kier alpha value is -1.18. The lowest BCUT2D eigenvalue weighted by Crippen LogP contribution is -2.33. The second-order valence-electron chi connectivity index (χ2n) is 7.03. The number of rotatable bonds is 0. The van der Waals surface area contributed by atoms with Crippen molar-refractivity contribution >= 4 is 11.4 Å². The molecule has 0 spiro atoms. The highest BCUT2D eigenvalue weighted by molar-refractivity contribution is 5.80. The van der Waals surface area contributed by atoms with E-state index >= 15 is 0 Å². The highest BCUT2D eigenvalue weighted by Gasteiger charge is 2.34. The van der Waals surface area contributed by atoms with E-state index < -0.39 is 0 Å². The van der Waals surface area contributed by atoms with E-state index in [1.165, 1.54) is 35.3 Å². The van der Waals surface area contributed by atoms with Crippen LogP contribution in [0.15, 0.2) is 12.1 Å². The second kappa shape index (κ2) is 3.66. The van der Waals surface area contributed by atoms with Crippen LogP contribution in [0.2, 0.25) is 0 Å². The molecule has 2 aliphatic heterocycles. The van der Waals surface area contributed by atoms with Crippen molar-refractivity contribution in [2.75, 3.05) is 23.7 Å². The third-order valence-electron chi connectivity index (χ3n) is 4.77. The van der Waals surface area contributed by atoms with Gasteiger partial charge >= 0.3 is 0 Å². The fraction of sp³-hybridized carbons (Fsp3) is 0.625. The van der Waals surface area contributed by atoms with Crippen LogP contribution in [-0.2, 0) is 10.8 Å². The molecular weight excluding hydrogens is 220 g/mol. The molecule has 3 rings (SSSR count). The van der Waals surface area contributed by atoms with Gasteiger partial charge in [-0.05, 0) is 34.8 Å². The molecule has 98 valence electrons. The van der Waals surface area contributed by atoms with Gasteiger partial charge in [-0.25, -0.2) is 0 Å². The zero-order valence-corrected chi connectivity index (χ0v) is 12.0. The van der Waals surface area contributed by atoms with Gasteiger partial charge in [0, 0.05) is 13.1 Å². The van der Waals surface area contributed by atoms with Gasteiger partial charge < -0.3 is 10.6 Å². The number of hydrogen-bond donors (Lipinski definition) is 2. The van der Waals surface area contributed by atoms with Crippen LogP contribution in [0.5, 0.6) is 0 Å². The molecule has 2 nitrogen and oxygen atoms in total. The van der Waals surface area contributed by atoms with Crippen LogP contribution in [0.25, 0.3) is 0 Å². The van der Waals surface area contributed by atoms with E-state index in [1.54, 1.807) is 0 Å². The van der Waals surface area contributed by atoms with Crippen molar-refractivity contribution in [3.63, 3.8) is 0 Å². The smallest absolute Gasteiger partial charge is 0.0617 e. The molecule has 0 aromatic heterocycles. The zero-order valence-electron chi connectivity index (χ0n) is 12.0. The molecule has 2 heteroatoms. The first-order chi connectivity index (χ1) is 8.42. The van der Waals surface area contributed by atoms with Crippen LogP contribution in [0, 0.1) is 0 Å². The Labute approximate surface area is 110 Å². The van der Waals surface area contributed by atoms with Crippen molar-refractivity contribution in [3.8, 4) is 0 Å². The molecule has 2 aliphatic rings. The van der Waals surface area contributed by atoms with E-state index in [-0.39, 0.29) is 0 Å². The molecule has 0 bridgehead atoms. The lowest BCUT2D eigenvalue weighted by Gasteiger charge is -2.40.